The van der Waals surface area contributed by atoms with Gasteiger partial charge in [0.2, 0.25) is 17.6 Å². The van der Waals surface area contributed by atoms with E-state index in [0.717, 1.165) is 11.1 Å². The highest BCUT2D eigenvalue weighted by Gasteiger charge is 2.24. The van der Waals surface area contributed by atoms with E-state index in [1.165, 1.54) is 0 Å². The van der Waals surface area contributed by atoms with Crippen molar-refractivity contribution >= 4 is 17.5 Å². The Morgan fingerprint density at radius 2 is 1.86 bits per heavy atom. The van der Waals surface area contributed by atoms with E-state index in [0.29, 0.717) is 11.5 Å². The SMILES string of the molecule is CC(C)[C@@H](NC(=O)Cc1ccccc1)C(=O)Nc1cccc(-c2nn[nH]n2)c1. The quantitative estimate of drug-likeness (QED) is 0.583. The molecule has 0 aliphatic rings. The molecule has 0 saturated carbocycles. The van der Waals surface area contributed by atoms with Gasteiger partial charge in [0.15, 0.2) is 0 Å². The third kappa shape index (κ3) is 5.00. The lowest BCUT2D eigenvalue weighted by Gasteiger charge is -2.22. The van der Waals surface area contributed by atoms with Gasteiger partial charge >= 0.3 is 0 Å². The third-order valence-corrected chi connectivity index (χ3v) is 4.21. The maximum atomic E-state index is 12.8. The number of nitrogens with zero attached hydrogens (tertiary/aromatic N) is 3. The first-order valence-corrected chi connectivity index (χ1v) is 9.01. The fraction of sp³-hybridized carbons (Fsp3) is 0.250. The summed E-state index contributed by atoms with van der Waals surface area (Å²) >= 11 is 0. The van der Waals surface area contributed by atoms with Crippen LogP contribution in [0.15, 0.2) is 54.6 Å². The number of carbonyl (C=O) groups excluding carboxylic acids is 2. The van der Waals surface area contributed by atoms with Crippen LogP contribution in [0.1, 0.15) is 19.4 Å². The molecular formula is C20H22N6O2. The Hall–Kier alpha value is -3.55. The average Bonchev–Trinajstić information content (AvgIpc) is 3.22. The van der Waals surface area contributed by atoms with Crippen molar-refractivity contribution in [3.8, 4) is 11.4 Å². The summed E-state index contributed by atoms with van der Waals surface area (Å²) in [5, 5.41) is 19.5. The van der Waals surface area contributed by atoms with Crippen LogP contribution in [-0.2, 0) is 16.0 Å². The van der Waals surface area contributed by atoms with Gasteiger partial charge in [-0.25, -0.2) is 0 Å². The van der Waals surface area contributed by atoms with E-state index in [2.05, 4.69) is 31.3 Å². The predicted octanol–water partition coefficient (Wildman–Crippen LogP) is 2.19. The fourth-order valence-electron chi connectivity index (χ4n) is 2.78. The summed E-state index contributed by atoms with van der Waals surface area (Å²) < 4.78 is 0. The van der Waals surface area contributed by atoms with E-state index < -0.39 is 6.04 Å². The zero-order valence-electron chi connectivity index (χ0n) is 15.7. The summed E-state index contributed by atoms with van der Waals surface area (Å²) in [4.78, 5) is 25.1. The smallest absolute Gasteiger partial charge is 0.247 e. The van der Waals surface area contributed by atoms with Gasteiger partial charge in [-0.05, 0) is 28.8 Å². The van der Waals surface area contributed by atoms with Crippen LogP contribution in [0.5, 0.6) is 0 Å². The van der Waals surface area contributed by atoms with Crippen LogP contribution in [-0.4, -0.2) is 38.5 Å². The lowest BCUT2D eigenvalue weighted by atomic mass is 10.0. The van der Waals surface area contributed by atoms with Gasteiger partial charge in [-0.3, -0.25) is 9.59 Å². The van der Waals surface area contributed by atoms with E-state index in [1.54, 1.807) is 18.2 Å². The molecule has 0 aliphatic heterocycles. The highest BCUT2D eigenvalue weighted by Crippen LogP contribution is 2.19. The fourth-order valence-corrected chi connectivity index (χ4v) is 2.78. The Morgan fingerprint density at radius 1 is 1.07 bits per heavy atom. The van der Waals surface area contributed by atoms with Crippen LogP contribution >= 0.6 is 0 Å². The summed E-state index contributed by atoms with van der Waals surface area (Å²) in [5.41, 5.74) is 2.21. The van der Waals surface area contributed by atoms with Gasteiger partial charge < -0.3 is 10.6 Å². The minimum atomic E-state index is -0.648. The van der Waals surface area contributed by atoms with Gasteiger partial charge in [-0.15, -0.1) is 10.2 Å². The zero-order chi connectivity index (χ0) is 19.9. The molecule has 0 aliphatic carbocycles. The van der Waals surface area contributed by atoms with Crippen molar-refractivity contribution in [2.75, 3.05) is 5.32 Å². The number of carbonyl (C=O) groups is 2. The molecule has 8 nitrogen and oxygen atoms in total. The van der Waals surface area contributed by atoms with Gasteiger partial charge in [-0.2, -0.15) is 5.21 Å². The van der Waals surface area contributed by atoms with Crippen molar-refractivity contribution in [2.45, 2.75) is 26.3 Å². The maximum absolute atomic E-state index is 12.8. The maximum Gasteiger partial charge on any atom is 0.247 e. The molecule has 1 aromatic heterocycles. The van der Waals surface area contributed by atoms with Crippen LogP contribution < -0.4 is 10.6 Å². The number of benzene rings is 2. The van der Waals surface area contributed by atoms with Gasteiger partial charge in [0, 0.05) is 11.3 Å². The molecule has 0 saturated heterocycles. The van der Waals surface area contributed by atoms with E-state index in [4.69, 9.17) is 0 Å². The van der Waals surface area contributed by atoms with Crippen molar-refractivity contribution in [1.29, 1.82) is 0 Å². The molecule has 1 heterocycles. The molecule has 0 radical (unpaired) electrons. The third-order valence-electron chi connectivity index (χ3n) is 4.21. The molecule has 3 aromatic rings. The molecule has 2 amide bonds. The highest BCUT2D eigenvalue weighted by molar-refractivity contribution is 5.98. The van der Waals surface area contributed by atoms with Gasteiger partial charge in [0.25, 0.3) is 0 Å². The first kappa shape index (κ1) is 19.2. The molecule has 3 rings (SSSR count). The number of H-pyrrole nitrogens is 1. The van der Waals surface area contributed by atoms with Crippen molar-refractivity contribution in [3.63, 3.8) is 0 Å². The number of rotatable bonds is 7. The normalized spacial score (nSPS) is 11.8. The molecule has 28 heavy (non-hydrogen) atoms. The predicted molar refractivity (Wildman–Crippen MR) is 105 cm³/mol. The molecule has 0 bridgehead atoms. The number of hydrogen-bond donors (Lipinski definition) is 3. The molecule has 0 unspecified atom stereocenters. The Morgan fingerprint density at radius 3 is 2.54 bits per heavy atom. The van der Waals surface area contributed by atoms with Crippen LogP contribution in [0.25, 0.3) is 11.4 Å². The Balaban J connectivity index is 1.66. The topological polar surface area (TPSA) is 113 Å². The Labute approximate surface area is 162 Å². The number of nitrogens with one attached hydrogen (secondary N) is 3. The molecule has 1 atom stereocenters. The summed E-state index contributed by atoms with van der Waals surface area (Å²) in [5.74, 6) is -0.102. The average molecular weight is 378 g/mol. The van der Waals surface area contributed by atoms with E-state index in [-0.39, 0.29) is 24.2 Å². The second-order valence-electron chi connectivity index (χ2n) is 6.76. The molecule has 2 aromatic carbocycles. The molecule has 0 spiro atoms. The summed E-state index contributed by atoms with van der Waals surface area (Å²) in [6.45, 7) is 3.78. The number of tetrazole rings is 1. The monoisotopic (exact) mass is 378 g/mol. The van der Waals surface area contributed by atoms with Gasteiger partial charge in [0.1, 0.15) is 6.04 Å². The standard InChI is InChI=1S/C20H22N6O2/c1-13(2)18(22-17(27)11-14-7-4-3-5-8-14)20(28)21-16-10-6-9-15(12-16)19-23-25-26-24-19/h3-10,12-13,18H,11H2,1-2H3,(H,21,28)(H,22,27)(H,23,24,25,26)/t18-/m1/s1. The van der Waals surface area contributed by atoms with E-state index in [9.17, 15) is 9.59 Å². The van der Waals surface area contributed by atoms with E-state index >= 15 is 0 Å². The largest absolute Gasteiger partial charge is 0.344 e. The number of aromatic nitrogens is 4. The molecule has 3 N–H and O–H groups in total. The zero-order valence-corrected chi connectivity index (χ0v) is 15.7. The van der Waals surface area contributed by atoms with E-state index in [1.807, 2.05) is 50.2 Å². The lowest BCUT2D eigenvalue weighted by Crippen LogP contribution is -2.47. The van der Waals surface area contributed by atoms with Crippen molar-refractivity contribution in [1.82, 2.24) is 25.9 Å². The van der Waals surface area contributed by atoms with Crippen LogP contribution in [0, 0.1) is 5.92 Å². The summed E-state index contributed by atoms with van der Waals surface area (Å²) in [7, 11) is 0. The molecular weight excluding hydrogens is 356 g/mol. The molecule has 144 valence electrons. The first-order valence-electron chi connectivity index (χ1n) is 9.01. The molecule has 8 heteroatoms. The van der Waals surface area contributed by atoms with Crippen LogP contribution in [0.4, 0.5) is 5.69 Å². The van der Waals surface area contributed by atoms with Crippen molar-refractivity contribution < 1.29 is 9.59 Å². The van der Waals surface area contributed by atoms with Crippen molar-refractivity contribution in [3.05, 3.63) is 60.2 Å². The van der Waals surface area contributed by atoms with Crippen LogP contribution in [0.3, 0.4) is 0 Å². The first-order chi connectivity index (χ1) is 13.5. The minimum absolute atomic E-state index is 0.0693. The minimum Gasteiger partial charge on any atom is -0.344 e. The highest BCUT2D eigenvalue weighted by atomic mass is 16.2. The second kappa shape index (κ2) is 8.90. The van der Waals surface area contributed by atoms with Gasteiger partial charge in [-0.1, -0.05) is 56.3 Å². The Kier molecular flexibility index (Phi) is 6.11. The lowest BCUT2D eigenvalue weighted by molar-refractivity contribution is -0.127. The Bertz CT molecular complexity index is 925. The van der Waals surface area contributed by atoms with Gasteiger partial charge in [0.05, 0.1) is 6.42 Å². The number of amides is 2. The number of aromatic amines is 1. The van der Waals surface area contributed by atoms with Crippen molar-refractivity contribution in [2.24, 2.45) is 5.92 Å². The second-order valence-corrected chi connectivity index (χ2v) is 6.76. The molecule has 0 fully saturated rings. The number of anilines is 1. The van der Waals surface area contributed by atoms with Crippen LogP contribution in [0.2, 0.25) is 0 Å². The number of hydrogen-bond acceptors (Lipinski definition) is 5. The summed E-state index contributed by atoms with van der Waals surface area (Å²) in [6.07, 6.45) is 0.227. The summed E-state index contributed by atoms with van der Waals surface area (Å²) in [6, 6.07) is 15.9.